The fraction of sp³-hybridized carbons (Fsp3) is 0.400. The molecule has 0 radical (unpaired) electrons. The molecule has 0 atom stereocenters. The fourth-order valence-electron chi connectivity index (χ4n) is 1.76. The van der Waals surface area contributed by atoms with E-state index in [1.807, 2.05) is 18.2 Å². The molecular formula is C15H18BrN3O3S. The van der Waals surface area contributed by atoms with Crippen LogP contribution < -0.4 is 10.6 Å². The molecule has 2 amide bonds. The number of hydrogen-bond donors (Lipinski definition) is 2. The Morgan fingerprint density at radius 2 is 2.09 bits per heavy atom. The maximum atomic E-state index is 11.8. The summed E-state index contributed by atoms with van der Waals surface area (Å²) in [5.41, 5.74) is 0.302. The number of amides is 2. The Balaban J connectivity index is 1.81. The van der Waals surface area contributed by atoms with Crippen LogP contribution in [0.15, 0.2) is 22.7 Å². The first-order chi connectivity index (χ1) is 10.7. The van der Waals surface area contributed by atoms with Crippen molar-refractivity contribution in [1.29, 1.82) is 0 Å². The summed E-state index contributed by atoms with van der Waals surface area (Å²) in [6.07, 6.45) is 0.123. The van der Waals surface area contributed by atoms with Crippen molar-refractivity contribution >= 4 is 54.6 Å². The Kier molecular flexibility index (Phi) is 5.59. The van der Waals surface area contributed by atoms with Crippen molar-refractivity contribution < 1.29 is 14.3 Å². The van der Waals surface area contributed by atoms with E-state index in [0.29, 0.717) is 5.13 Å². The van der Waals surface area contributed by atoms with Crippen molar-refractivity contribution in [3.8, 4) is 0 Å². The number of ether oxygens (including phenoxy) is 1. The Labute approximate surface area is 146 Å². The third kappa shape index (κ3) is 5.80. The van der Waals surface area contributed by atoms with Crippen LogP contribution in [0.5, 0.6) is 0 Å². The SMILES string of the molecule is CC(C)(C)OC(=O)CCNC(=O)Nc1nc2ccc(Br)cc2s1. The molecule has 1 aromatic carbocycles. The average molecular weight is 400 g/mol. The van der Waals surface area contributed by atoms with Crippen molar-refractivity contribution in [2.24, 2.45) is 0 Å². The molecular weight excluding hydrogens is 382 g/mol. The first kappa shape index (κ1) is 17.7. The van der Waals surface area contributed by atoms with Gasteiger partial charge in [-0.1, -0.05) is 27.3 Å². The summed E-state index contributed by atoms with van der Waals surface area (Å²) in [7, 11) is 0. The molecule has 0 spiro atoms. The quantitative estimate of drug-likeness (QED) is 0.763. The lowest BCUT2D eigenvalue weighted by Gasteiger charge is -2.19. The first-order valence-corrected chi connectivity index (χ1v) is 8.67. The molecule has 0 aliphatic rings. The molecule has 1 heterocycles. The van der Waals surface area contributed by atoms with Crippen molar-refractivity contribution in [1.82, 2.24) is 10.3 Å². The number of anilines is 1. The van der Waals surface area contributed by atoms with E-state index < -0.39 is 11.6 Å². The van der Waals surface area contributed by atoms with Crippen molar-refractivity contribution in [3.63, 3.8) is 0 Å². The number of halogens is 1. The summed E-state index contributed by atoms with van der Waals surface area (Å²) in [5, 5.41) is 5.78. The second-order valence-corrected chi connectivity index (χ2v) is 7.79. The van der Waals surface area contributed by atoms with E-state index in [-0.39, 0.29) is 18.9 Å². The highest BCUT2D eigenvalue weighted by molar-refractivity contribution is 9.10. The molecule has 2 rings (SSSR count). The van der Waals surface area contributed by atoms with E-state index in [2.05, 4.69) is 31.5 Å². The molecule has 1 aromatic heterocycles. The van der Waals surface area contributed by atoms with E-state index in [0.717, 1.165) is 14.7 Å². The zero-order valence-corrected chi connectivity index (χ0v) is 15.5. The van der Waals surface area contributed by atoms with Gasteiger partial charge in [0.1, 0.15) is 5.60 Å². The third-order valence-corrected chi connectivity index (χ3v) is 4.03. The van der Waals surface area contributed by atoms with E-state index in [1.54, 1.807) is 20.8 Å². The van der Waals surface area contributed by atoms with Gasteiger partial charge in [0.05, 0.1) is 16.6 Å². The maximum absolute atomic E-state index is 11.8. The van der Waals surface area contributed by atoms with Gasteiger partial charge in [-0.05, 0) is 39.0 Å². The van der Waals surface area contributed by atoms with Gasteiger partial charge in [-0.15, -0.1) is 0 Å². The summed E-state index contributed by atoms with van der Waals surface area (Å²) in [5.74, 6) is -0.345. The highest BCUT2D eigenvalue weighted by Crippen LogP contribution is 2.28. The molecule has 0 fully saturated rings. The molecule has 0 aliphatic heterocycles. The van der Waals surface area contributed by atoms with Crippen LogP contribution in [0, 0.1) is 0 Å². The van der Waals surface area contributed by atoms with Crippen LogP contribution in [0.3, 0.4) is 0 Å². The Hall–Kier alpha value is -1.67. The van der Waals surface area contributed by atoms with E-state index in [4.69, 9.17) is 4.74 Å². The maximum Gasteiger partial charge on any atom is 0.321 e. The highest BCUT2D eigenvalue weighted by atomic mass is 79.9. The van der Waals surface area contributed by atoms with Gasteiger partial charge < -0.3 is 10.1 Å². The second kappa shape index (κ2) is 7.27. The standard InChI is InChI=1S/C15H18BrN3O3S/c1-15(2,3)22-12(20)6-7-17-13(21)19-14-18-10-5-4-9(16)8-11(10)23-14/h4-5,8H,6-7H2,1-3H3,(H2,17,18,19,21). The summed E-state index contributed by atoms with van der Waals surface area (Å²) >= 11 is 4.78. The van der Waals surface area contributed by atoms with Crippen LogP contribution in [-0.4, -0.2) is 29.1 Å². The molecule has 0 aliphatic carbocycles. The molecule has 0 saturated carbocycles. The topological polar surface area (TPSA) is 80.3 Å². The minimum Gasteiger partial charge on any atom is -0.460 e. The van der Waals surface area contributed by atoms with Crippen molar-refractivity contribution in [2.45, 2.75) is 32.8 Å². The van der Waals surface area contributed by atoms with Crippen LogP contribution in [-0.2, 0) is 9.53 Å². The molecule has 124 valence electrons. The van der Waals surface area contributed by atoms with Crippen LogP contribution in [0.4, 0.5) is 9.93 Å². The Bertz CT molecular complexity index is 724. The predicted molar refractivity (Wildman–Crippen MR) is 94.8 cm³/mol. The number of aromatic nitrogens is 1. The van der Waals surface area contributed by atoms with Gasteiger partial charge in [0.2, 0.25) is 0 Å². The zero-order valence-electron chi connectivity index (χ0n) is 13.1. The molecule has 2 aromatic rings. The van der Waals surface area contributed by atoms with Crippen LogP contribution in [0.1, 0.15) is 27.2 Å². The summed E-state index contributed by atoms with van der Waals surface area (Å²) in [6, 6.07) is 5.32. The zero-order chi connectivity index (χ0) is 17.0. The minimum absolute atomic E-state index is 0.123. The van der Waals surface area contributed by atoms with Gasteiger partial charge in [-0.25, -0.2) is 9.78 Å². The number of nitrogens with one attached hydrogen (secondary N) is 2. The van der Waals surface area contributed by atoms with Crippen LogP contribution in [0.25, 0.3) is 10.2 Å². The third-order valence-electron chi connectivity index (χ3n) is 2.61. The summed E-state index contributed by atoms with van der Waals surface area (Å²) < 4.78 is 7.10. The number of esters is 1. The molecule has 0 bridgehead atoms. The number of urea groups is 1. The fourth-order valence-corrected chi connectivity index (χ4v) is 3.18. The Morgan fingerprint density at radius 3 is 2.78 bits per heavy atom. The van der Waals surface area contributed by atoms with Gasteiger partial charge in [-0.2, -0.15) is 0 Å². The monoisotopic (exact) mass is 399 g/mol. The molecule has 0 unspecified atom stereocenters. The van der Waals surface area contributed by atoms with Gasteiger partial charge in [0, 0.05) is 11.0 Å². The highest BCUT2D eigenvalue weighted by Gasteiger charge is 2.16. The predicted octanol–water partition coefficient (Wildman–Crippen LogP) is 3.91. The van der Waals surface area contributed by atoms with E-state index in [1.165, 1.54) is 11.3 Å². The van der Waals surface area contributed by atoms with Gasteiger partial charge in [0.15, 0.2) is 5.13 Å². The number of carbonyl (C=O) groups is 2. The number of hydrogen-bond acceptors (Lipinski definition) is 5. The lowest BCUT2D eigenvalue weighted by molar-refractivity contribution is -0.154. The number of fused-ring (bicyclic) bond motifs is 1. The largest absolute Gasteiger partial charge is 0.460 e. The van der Waals surface area contributed by atoms with Gasteiger partial charge in [-0.3, -0.25) is 10.1 Å². The molecule has 8 heteroatoms. The molecule has 0 saturated heterocycles. The minimum atomic E-state index is -0.519. The van der Waals surface area contributed by atoms with Crippen molar-refractivity contribution in [2.75, 3.05) is 11.9 Å². The summed E-state index contributed by atoms with van der Waals surface area (Å²) in [4.78, 5) is 27.7. The lowest BCUT2D eigenvalue weighted by Crippen LogP contribution is -2.32. The number of carbonyl (C=O) groups excluding carboxylic acids is 2. The van der Waals surface area contributed by atoms with Gasteiger partial charge in [0.25, 0.3) is 0 Å². The number of thiazole rings is 1. The van der Waals surface area contributed by atoms with Gasteiger partial charge >= 0.3 is 12.0 Å². The van der Waals surface area contributed by atoms with E-state index >= 15 is 0 Å². The first-order valence-electron chi connectivity index (χ1n) is 7.06. The lowest BCUT2D eigenvalue weighted by atomic mass is 10.2. The average Bonchev–Trinajstić information content (AvgIpc) is 2.77. The number of nitrogens with zero attached hydrogens (tertiary/aromatic N) is 1. The molecule has 6 nitrogen and oxygen atoms in total. The molecule has 2 N–H and O–H groups in total. The van der Waals surface area contributed by atoms with Crippen LogP contribution in [0.2, 0.25) is 0 Å². The normalized spacial score (nSPS) is 11.3. The van der Waals surface area contributed by atoms with Crippen LogP contribution >= 0.6 is 27.3 Å². The van der Waals surface area contributed by atoms with E-state index in [9.17, 15) is 9.59 Å². The molecule has 23 heavy (non-hydrogen) atoms. The second-order valence-electron chi connectivity index (χ2n) is 5.85. The summed E-state index contributed by atoms with van der Waals surface area (Å²) in [6.45, 7) is 5.61. The smallest absolute Gasteiger partial charge is 0.321 e. The van der Waals surface area contributed by atoms with Crippen molar-refractivity contribution in [3.05, 3.63) is 22.7 Å². The number of rotatable bonds is 4. The number of benzene rings is 1. The Morgan fingerprint density at radius 1 is 1.35 bits per heavy atom.